The molecular weight excluding hydrogens is 204 g/mol. The highest BCUT2D eigenvalue weighted by Crippen LogP contribution is 2.31. The Bertz CT molecular complexity index is 473. The van der Waals surface area contributed by atoms with Crippen molar-refractivity contribution in [2.75, 3.05) is 0 Å². The van der Waals surface area contributed by atoms with E-state index in [1.165, 1.54) is 0 Å². The van der Waals surface area contributed by atoms with Crippen molar-refractivity contribution in [3.05, 3.63) is 33.7 Å². The topological polar surface area (TPSA) is 17.1 Å². The largest absolute Gasteiger partial charge is 0.298 e. The number of carbonyl (C=O) groups is 1. The van der Waals surface area contributed by atoms with Crippen LogP contribution in [0.4, 0.5) is 0 Å². The van der Waals surface area contributed by atoms with Crippen molar-refractivity contribution in [1.29, 1.82) is 0 Å². The minimum atomic E-state index is 0.742. The molecule has 2 rings (SSSR count). The van der Waals surface area contributed by atoms with Gasteiger partial charge in [-0.05, 0) is 24.6 Å². The second kappa shape index (κ2) is 3.13. The second-order valence-electron chi connectivity index (χ2n) is 2.91. The van der Waals surface area contributed by atoms with Crippen LogP contribution in [0.2, 0.25) is 5.02 Å². The molecule has 1 aromatic carbocycles. The first-order valence-corrected chi connectivity index (χ1v) is 5.10. The maximum Gasteiger partial charge on any atom is 0.150 e. The van der Waals surface area contributed by atoms with Crippen LogP contribution in [0.1, 0.15) is 15.9 Å². The van der Waals surface area contributed by atoms with E-state index in [2.05, 4.69) is 0 Å². The zero-order valence-corrected chi connectivity index (χ0v) is 8.58. The van der Waals surface area contributed by atoms with E-state index in [9.17, 15) is 4.79 Å². The predicted octanol–water partition coefficient (Wildman–Crippen LogP) is 3.68. The lowest BCUT2D eigenvalue weighted by Gasteiger charge is -1.98. The first-order valence-electron chi connectivity index (χ1n) is 3.85. The molecular formula is C10H7ClOS. The Balaban J connectivity index is 2.83. The lowest BCUT2D eigenvalue weighted by atomic mass is 10.1. The Morgan fingerprint density at radius 2 is 2.23 bits per heavy atom. The molecule has 13 heavy (non-hydrogen) atoms. The summed E-state index contributed by atoms with van der Waals surface area (Å²) in [5.74, 6) is 0. The van der Waals surface area contributed by atoms with Crippen molar-refractivity contribution in [2.45, 2.75) is 6.92 Å². The third-order valence-corrected chi connectivity index (χ3v) is 3.43. The molecule has 0 bridgehead atoms. The summed E-state index contributed by atoms with van der Waals surface area (Å²) in [7, 11) is 0. The smallest absolute Gasteiger partial charge is 0.150 e. The lowest BCUT2D eigenvalue weighted by Crippen LogP contribution is -1.84. The molecule has 0 amide bonds. The quantitative estimate of drug-likeness (QED) is 0.657. The highest BCUT2D eigenvalue weighted by molar-refractivity contribution is 7.17. The van der Waals surface area contributed by atoms with Crippen LogP contribution in [0.5, 0.6) is 0 Å². The number of carbonyl (C=O) groups excluding carboxylic acids is 1. The first kappa shape index (κ1) is 8.73. The SMILES string of the molecule is Cc1cc2c(Cl)csc2cc1C=O. The summed E-state index contributed by atoms with van der Waals surface area (Å²) in [6.07, 6.45) is 0.877. The Kier molecular flexibility index (Phi) is 2.10. The Morgan fingerprint density at radius 3 is 2.92 bits per heavy atom. The molecule has 2 aromatic rings. The van der Waals surface area contributed by atoms with Gasteiger partial charge in [-0.1, -0.05) is 11.6 Å². The number of aldehydes is 1. The molecule has 0 fully saturated rings. The van der Waals surface area contributed by atoms with Gasteiger partial charge in [0.05, 0.1) is 5.02 Å². The van der Waals surface area contributed by atoms with Gasteiger partial charge in [0, 0.05) is 21.0 Å². The van der Waals surface area contributed by atoms with Gasteiger partial charge < -0.3 is 0 Å². The number of benzene rings is 1. The van der Waals surface area contributed by atoms with Gasteiger partial charge in [-0.2, -0.15) is 0 Å². The van der Waals surface area contributed by atoms with E-state index in [1.807, 2.05) is 24.4 Å². The fourth-order valence-electron chi connectivity index (χ4n) is 1.29. The molecule has 0 saturated heterocycles. The van der Waals surface area contributed by atoms with Crippen molar-refractivity contribution in [3.63, 3.8) is 0 Å². The summed E-state index contributed by atoms with van der Waals surface area (Å²) in [4.78, 5) is 10.6. The van der Waals surface area contributed by atoms with Crippen LogP contribution in [-0.4, -0.2) is 6.29 Å². The number of halogens is 1. The summed E-state index contributed by atoms with van der Waals surface area (Å²) >= 11 is 7.52. The van der Waals surface area contributed by atoms with Gasteiger partial charge in [-0.25, -0.2) is 0 Å². The van der Waals surface area contributed by atoms with Crippen LogP contribution in [0.3, 0.4) is 0 Å². The van der Waals surface area contributed by atoms with E-state index in [1.54, 1.807) is 11.3 Å². The number of hydrogen-bond donors (Lipinski definition) is 0. The van der Waals surface area contributed by atoms with Crippen LogP contribution < -0.4 is 0 Å². The third-order valence-electron chi connectivity index (χ3n) is 2.04. The Morgan fingerprint density at radius 1 is 1.46 bits per heavy atom. The zero-order chi connectivity index (χ0) is 9.42. The lowest BCUT2D eigenvalue weighted by molar-refractivity contribution is 0.112. The molecule has 1 nitrogen and oxygen atoms in total. The zero-order valence-electron chi connectivity index (χ0n) is 7.00. The van der Waals surface area contributed by atoms with E-state index in [-0.39, 0.29) is 0 Å². The fourth-order valence-corrected chi connectivity index (χ4v) is 2.49. The van der Waals surface area contributed by atoms with Gasteiger partial charge in [-0.3, -0.25) is 4.79 Å². The average molecular weight is 211 g/mol. The van der Waals surface area contributed by atoms with Crippen LogP contribution in [0, 0.1) is 6.92 Å². The van der Waals surface area contributed by atoms with Crippen molar-refractivity contribution >= 4 is 39.3 Å². The van der Waals surface area contributed by atoms with Gasteiger partial charge >= 0.3 is 0 Å². The normalized spacial score (nSPS) is 10.6. The molecule has 66 valence electrons. The molecule has 0 spiro atoms. The van der Waals surface area contributed by atoms with Gasteiger partial charge in [0.2, 0.25) is 0 Å². The fraction of sp³-hybridized carbons (Fsp3) is 0.100. The van der Waals surface area contributed by atoms with Crippen molar-refractivity contribution in [2.24, 2.45) is 0 Å². The molecule has 1 aromatic heterocycles. The summed E-state index contributed by atoms with van der Waals surface area (Å²) < 4.78 is 1.07. The van der Waals surface area contributed by atoms with Crippen molar-refractivity contribution < 1.29 is 4.79 Å². The Labute approximate surface area is 84.9 Å². The van der Waals surface area contributed by atoms with Crippen molar-refractivity contribution in [1.82, 2.24) is 0 Å². The van der Waals surface area contributed by atoms with Gasteiger partial charge in [0.15, 0.2) is 0 Å². The summed E-state index contributed by atoms with van der Waals surface area (Å²) in [6.45, 7) is 1.91. The van der Waals surface area contributed by atoms with E-state index in [0.29, 0.717) is 0 Å². The monoisotopic (exact) mass is 210 g/mol. The predicted molar refractivity (Wildman–Crippen MR) is 57.0 cm³/mol. The summed E-state index contributed by atoms with van der Waals surface area (Å²) in [5.41, 5.74) is 1.72. The summed E-state index contributed by atoms with van der Waals surface area (Å²) in [5, 5.41) is 3.69. The molecule has 1 heterocycles. The van der Waals surface area contributed by atoms with E-state index in [4.69, 9.17) is 11.6 Å². The third kappa shape index (κ3) is 1.36. The van der Waals surface area contributed by atoms with Gasteiger partial charge in [-0.15, -0.1) is 11.3 Å². The molecule has 0 atom stereocenters. The average Bonchev–Trinajstić information content (AvgIpc) is 2.47. The van der Waals surface area contributed by atoms with Gasteiger partial charge in [0.1, 0.15) is 6.29 Å². The van der Waals surface area contributed by atoms with Crippen LogP contribution in [0.25, 0.3) is 10.1 Å². The minimum Gasteiger partial charge on any atom is -0.298 e. The molecule has 0 aliphatic heterocycles. The number of fused-ring (bicyclic) bond motifs is 1. The molecule has 0 N–H and O–H groups in total. The molecule has 0 saturated carbocycles. The van der Waals surface area contributed by atoms with E-state index >= 15 is 0 Å². The van der Waals surface area contributed by atoms with E-state index in [0.717, 1.165) is 32.5 Å². The molecule has 0 unspecified atom stereocenters. The number of hydrogen-bond acceptors (Lipinski definition) is 2. The highest BCUT2D eigenvalue weighted by Gasteiger charge is 2.05. The van der Waals surface area contributed by atoms with Crippen LogP contribution >= 0.6 is 22.9 Å². The second-order valence-corrected chi connectivity index (χ2v) is 4.22. The first-order chi connectivity index (χ1) is 6.22. The highest BCUT2D eigenvalue weighted by atomic mass is 35.5. The standard InChI is InChI=1S/C10H7ClOS/c1-6-2-8-9(11)5-13-10(8)3-7(6)4-12/h2-5H,1H3. The van der Waals surface area contributed by atoms with Crippen molar-refractivity contribution in [3.8, 4) is 0 Å². The van der Waals surface area contributed by atoms with Gasteiger partial charge in [0.25, 0.3) is 0 Å². The molecule has 0 aliphatic rings. The maximum atomic E-state index is 10.6. The summed E-state index contributed by atoms with van der Waals surface area (Å²) in [6, 6.07) is 3.84. The molecule has 0 radical (unpaired) electrons. The molecule has 0 aliphatic carbocycles. The van der Waals surface area contributed by atoms with Crippen LogP contribution in [-0.2, 0) is 0 Å². The number of rotatable bonds is 1. The number of thiophene rings is 1. The van der Waals surface area contributed by atoms with Crippen LogP contribution in [0.15, 0.2) is 17.5 Å². The number of aryl methyl sites for hydroxylation is 1. The molecule has 3 heteroatoms. The maximum absolute atomic E-state index is 10.6. The van der Waals surface area contributed by atoms with E-state index < -0.39 is 0 Å². The minimum absolute atomic E-state index is 0.742. The Hall–Kier alpha value is -0.860.